The second kappa shape index (κ2) is 6.19. The van der Waals surface area contributed by atoms with Crippen molar-refractivity contribution in [3.8, 4) is 0 Å². The van der Waals surface area contributed by atoms with E-state index >= 15 is 0 Å². The van der Waals surface area contributed by atoms with E-state index in [0.717, 1.165) is 0 Å². The number of quaternary nitrogens is 1. The lowest BCUT2D eigenvalue weighted by atomic mass is 10.1. The molecule has 0 radical (unpaired) electrons. The maximum absolute atomic E-state index is 11.1. The Labute approximate surface area is 90.4 Å². The Bertz CT molecular complexity index is 298. The maximum Gasteiger partial charge on any atom is 0.361 e. The highest BCUT2D eigenvalue weighted by atomic mass is 16.5. The van der Waals surface area contributed by atoms with Gasteiger partial charge in [0.1, 0.15) is 6.04 Å². The maximum atomic E-state index is 11.1. The van der Waals surface area contributed by atoms with Gasteiger partial charge in [0, 0.05) is 5.56 Å². The molecule has 15 heavy (non-hydrogen) atoms. The van der Waals surface area contributed by atoms with Crippen LogP contribution in [-0.2, 0) is 9.53 Å². The second-order valence-electron chi connectivity index (χ2n) is 3.44. The van der Waals surface area contributed by atoms with Crippen LogP contribution in [0.5, 0.6) is 0 Å². The summed E-state index contributed by atoms with van der Waals surface area (Å²) in [6, 6.07) is 10.4. The molecule has 0 saturated heterocycles. The summed E-state index contributed by atoms with van der Waals surface area (Å²) in [5.41, 5.74) is 1.22. The van der Waals surface area contributed by atoms with Gasteiger partial charge in [-0.05, 0) is 13.8 Å². The van der Waals surface area contributed by atoms with Gasteiger partial charge in [0.05, 0.1) is 6.61 Å². The molecule has 2 N–H and O–H groups in total. The monoisotopic (exact) mass is 208 g/mol. The van der Waals surface area contributed by atoms with Gasteiger partial charge in [0.25, 0.3) is 0 Å². The van der Waals surface area contributed by atoms with E-state index in [1.165, 1.54) is 5.56 Å². The van der Waals surface area contributed by atoms with Gasteiger partial charge in [0.2, 0.25) is 0 Å². The molecular weight excluding hydrogens is 190 g/mol. The average Bonchev–Trinajstić information content (AvgIpc) is 2.27. The average molecular weight is 208 g/mol. The molecule has 0 spiro atoms. The highest BCUT2D eigenvalue weighted by Gasteiger charge is 2.10. The predicted octanol–water partition coefficient (Wildman–Crippen LogP) is 0.874. The number of carbonyl (C=O) groups excluding carboxylic acids is 1. The molecule has 82 valence electrons. The molecule has 1 rings (SSSR count). The first-order chi connectivity index (χ1) is 7.24. The van der Waals surface area contributed by atoms with Crippen molar-refractivity contribution in [3.63, 3.8) is 0 Å². The first kappa shape index (κ1) is 11.7. The lowest BCUT2D eigenvalue weighted by Crippen LogP contribution is -2.86. The Morgan fingerprint density at radius 3 is 2.67 bits per heavy atom. The van der Waals surface area contributed by atoms with Gasteiger partial charge < -0.3 is 10.1 Å². The lowest BCUT2D eigenvalue weighted by Gasteiger charge is -2.09. The Morgan fingerprint density at radius 1 is 1.40 bits per heavy atom. The number of esters is 1. The van der Waals surface area contributed by atoms with E-state index in [0.29, 0.717) is 13.2 Å². The molecule has 1 aromatic rings. The third-order valence-electron chi connectivity index (χ3n) is 2.27. The summed E-state index contributed by atoms with van der Waals surface area (Å²) in [4.78, 5) is 11.1. The zero-order chi connectivity index (χ0) is 11.1. The van der Waals surface area contributed by atoms with Crippen LogP contribution in [0.3, 0.4) is 0 Å². The predicted molar refractivity (Wildman–Crippen MR) is 58.3 cm³/mol. The van der Waals surface area contributed by atoms with Crippen LogP contribution in [0.25, 0.3) is 0 Å². The summed E-state index contributed by atoms with van der Waals surface area (Å²) in [5, 5.41) is 1.98. The molecule has 1 aromatic carbocycles. The number of hydrogen-bond donors (Lipinski definition) is 1. The molecule has 0 aliphatic carbocycles. The van der Waals surface area contributed by atoms with Gasteiger partial charge in [-0.25, -0.2) is 4.79 Å². The first-order valence-corrected chi connectivity index (χ1v) is 5.28. The normalized spacial score (nSPS) is 12.1. The minimum atomic E-state index is -0.153. The van der Waals surface area contributed by atoms with Crippen LogP contribution >= 0.6 is 0 Å². The van der Waals surface area contributed by atoms with E-state index in [9.17, 15) is 4.79 Å². The van der Waals surface area contributed by atoms with Gasteiger partial charge in [-0.1, -0.05) is 30.3 Å². The quantitative estimate of drug-likeness (QED) is 0.730. The summed E-state index contributed by atoms with van der Waals surface area (Å²) in [6.45, 7) is 4.73. The van der Waals surface area contributed by atoms with Gasteiger partial charge >= 0.3 is 5.97 Å². The molecule has 0 bridgehead atoms. The van der Waals surface area contributed by atoms with Crippen molar-refractivity contribution in [1.29, 1.82) is 0 Å². The zero-order valence-electron chi connectivity index (χ0n) is 9.27. The number of nitrogens with two attached hydrogens (primary N) is 1. The summed E-state index contributed by atoms with van der Waals surface area (Å²) in [5.74, 6) is -0.153. The van der Waals surface area contributed by atoms with Crippen LogP contribution in [0.15, 0.2) is 30.3 Å². The number of ether oxygens (including phenoxy) is 1. The van der Waals surface area contributed by atoms with Crippen LogP contribution in [0.2, 0.25) is 0 Å². The van der Waals surface area contributed by atoms with Crippen molar-refractivity contribution in [2.75, 3.05) is 13.2 Å². The molecule has 0 unspecified atom stereocenters. The highest BCUT2D eigenvalue weighted by molar-refractivity contribution is 5.70. The van der Waals surface area contributed by atoms with Crippen LogP contribution in [0.1, 0.15) is 25.5 Å². The molecule has 1 atom stereocenters. The van der Waals surface area contributed by atoms with E-state index in [-0.39, 0.29) is 12.0 Å². The van der Waals surface area contributed by atoms with Gasteiger partial charge in [0.15, 0.2) is 6.54 Å². The summed E-state index contributed by atoms with van der Waals surface area (Å²) < 4.78 is 4.86. The summed E-state index contributed by atoms with van der Waals surface area (Å²) >= 11 is 0. The molecule has 0 aliphatic rings. The smallest absolute Gasteiger partial charge is 0.361 e. The van der Waals surface area contributed by atoms with Gasteiger partial charge in [-0.3, -0.25) is 0 Å². The van der Waals surface area contributed by atoms with Crippen LogP contribution in [0, 0.1) is 0 Å². The molecule has 0 heterocycles. The topological polar surface area (TPSA) is 42.9 Å². The zero-order valence-corrected chi connectivity index (χ0v) is 9.27. The number of rotatable bonds is 5. The Balaban J connectivity index is 2.37. The van der Waals surface area contributed by atoms with Crippen molar-refractivity contribution in [1.82, 2.24) is 0 Å². The largest absolute Gasteiger partial charge is 0.462 e. The minimum Gasteiger partial charge on any atom is -0.462 e. The molecule has 0 aliphatic heterocycles. The fourth-order valence-electron chi connectivity index (χ4n) is 1.39. The van der Waals surface area contributed by atoms with E-state index in [1.54, 1.807) is 0 Å². The third-order valence-corrected chi connectivity index (χ3v) is 2.27. The first-order valence-electron chi connectivity index (χ1n) is 5.28. The summed E-state index contributed by atoms with van der Waals surface area (Å²) in [6.07, 6.45) is 0. The van der Waals surface area contributed by atoms with Crippen molar-refractivity contribution in [2.45, 2.75) is 19.9 Å². The van der Waals surface area contributed by atoms with E-state index in [4.69, 9.17) is 4.74 Å². The Hall–Kier alpha value is -1.35. The van der Waals surface area contributed by atoms with Crippen molar-refractivity contribution >= 4 is 5.97 Å². The number of benzene rings is 1. The second-order valence-corrected chi connectivity index (χ2v) is 3.44. The van der Waals surface area contributed by atoms with E-state index in [1.807, 2.05) is 30.4 Å². The standard InChI is InChI=1S/C12H17NO2/c1-3-15-12(14)9-13-10(2)11-7-5-4-6-8-11/h4-8,10,13H,3,9H2,1-2H3/p+1/t10-/m0/s1. The van der Waals surface area contributed by atoms with Crippen LogP contribution < -0.4 is 5.32 Å². The lowest BCUT2D eigenvalue weighted by molar-refractivity contribution is -0.683. The highest BCUT2D eigenvalue weighted by Crippen LogP contribution is 2.05. The van der Waals surface area contributed by atoms with Crippen molar-refractivity contribution in [3.05, 3.63) is 35.9 Å². The third kappa shape index (κ3) is 4.13. The fraction of sp³-hybridized carbons (Fsp3) is 0.417. The molecule has 3 heteroatoms. The van der Waals surface area contributed by atoms with E-state index in [2.05, 4.69) is 19.1 Å². The SMILES string of the molecule is CCOC(=O)C[NH2+][C@@H](C)c1ccccc1. The number of hydrogen-bond acceptors (Lipinski definition) is 2. The molecular formula is C12H18NO2+. The van der Waals surface area contributed by atoms with Gasteiger partial charge in [-0.2, -0.15) is 0 Å². The molecule has 0 aromatic heterocycles. The Morgan fingerprint density at radius 2 is 2.07 bits per heavy atom. The van der Waals surface area contributed by atoms with E-state index < -0.39 is 0 Å². The van der Waals surface area contributed by atoms with Crippen molar-refractivity contribution < 1.29 is 14.8 Å². The van der Waals surface area contributed by atoms with Crippen LogP contribution in [0.4, 0.5) is 0 Å². The summed E-state index contributed by atoms with van der Waals surface area (Å²) in [7, 11) is 0. The Kier molecular flexibility index (Phi) is 4.84. The van der Waals surface area contributed by atoms with Crippen molar-refractivity contribution in [2.24, 2.45) is 0 Å². The molecule has 3 nitrogen and oxygen atoms in total. The molecule has 0 fully saturated rings. The molecule has 0 amide bonds. The minimum absolute atomic E-state index is 0.153. The fourth-order valence-corrected chi connectivity index (χ4v) is 1.39. The van der Waals surface area contributed by atoms with Gasteiger partial charge in [-0.15, -0.1) is 0 Å². The van der Waals surface area contributed by atoms with Crippen LogP contribution in [-0.4, -0.2) is 19.1 Å². The number of carbonyl (C=O) groups is 1. The molecule has 0 saturated carbocycles.